The van der Waals surface area contributed by atoms with Gasteiger partial charge in [-0.2, -0.15) is 0 Å². The molecule has 5 heteroatoms. The van der Waals surface area contributed by atoms with Crippen molar-refractivity contribution >= 4 is 11.6 Å². The second-order valence-corrected chi connectivity index (χ2v) is 6.08. The standard InChI is InChI=1S/C21H20N2O3/c1-2-25-19-12-6-5-11-18(19)22-20-16-9-3-4-10-17(16)21(24)23(20)14-15-8-7-13-26-15/h3-13,20,22H,2,14H2,1H3/t20-/m0/s1. The molecular weight excluding hydrogens is 328 g/mol. The van der Waals surface area contributed by atoms with E-state index in [1.807, 2.05) is 67.6 Å². The lowest BCUT2D eigenvalue weighted by Gasteiger charge is -2.27. The fourth-order valence-corrected chi connectivity index (χ4v) is 3.27. The van der Waals surface area contributed by atoms with Crippen molar-refractivity contribution in [2.75, 3.05) is 11.9 Å². The fourth-order valence-electron chi connectivity index (χ4n) is 3.27. The molecule has 0 saturated heterocycles. The second kappa shape index (κ2) is 6.96. The van der Waals surface area contributed by atoms with E-state index in [1.165, 1.54) is 0 Å². The Morgan fingerprint density at radius 3 is 2.69 bits per heavy atom. The van der Waals surface area contributed by atoms with Gasteiger partial charge in [0.15, 0.2) is 0 Å². The Hall–Kier alpha value is -3.21. The number of furan rings is 1. The number of amides is 1. The van der Waals surface area contributed by atoms with E-state index in [2.05, 4.69) is 5.32 Å². The summed E-state index contributed by atoms with van der Waals surface area (Å²) in [6.07, 6.45) is 1.33. The number of anilines is 1. The first-order chi connectivity index (χ1) is 12.8. The zero-order valence-electron chi connectivity index (χ0n) is 14.5. The Labute approximate surface area is 152 Å². The van der Waals surface area contributed by atoms with Crippen molar-refractivity contribution in [3.63, 3.8) is 0 Å². The molecule has 1 aliphatic rings. The van der Waals surface area contributed by atoms with Crippen molar-refractivity contribution in [3.05, 3.63) is 83.8 Å². The Morgan fingerprint density at radius 2 is 1.88 bits per heavy atom. The van der Waals surface area contributed by atoms with Gasteiger partial charge in [-0.3, -0.25) is 4.79 Å². The monoisotopic (exact) mass is 348 g/mol. The van der Waals surface area contributed by atoms with E-state index < -0.39 is 0 Å². The van der Waals surface area contributed by atoms with Crippen molar-refractivity contribution in [2.24, 2.45) is 0 Å². The summed E-state index contributed by atoms with van der Waals surface area (Å²) in [6.45, 7) is 2.93. The maximum Gasteiger partial charge on any atom is 0.256 e. The van der Waals surface area contributed by atoms with E-state index in [0.717, 1.165) is 22.8 Å². The van der Waals surface area contributed by atoms with Crippen LogP contribution in [0.15, 0.2) is 71.3 Å². The zero-order chi connectivity index (χ0) is 17.9. The van der Waals surface area contributed by atoms with Crippen LogP contribution in [0.5, 0.6) is 5.75 Å². The zero-order valence-corrected chi connectivity index (χ0v) is 14.5. The van der Waals surface area contributed by atoms with E-state index >= 15 is 0 Å². The normalized spacial score (nSPS) is 15.8. The molecule has 5 nitrogen and oxygen atoms in total. The third-order valence-corrected chi connectivity index (χ3v) is 4.44. The van der Waals surface area contributed by atoms with Crippen molar-refractivity contribution < 1.29 is 13.9 Å². The smallest absolute Gasteiger partial charge is 0.256 e. The van der Waals surface area contributed by atoms with Crippen LogP contribution in [0.25, 0.3) is 0 Å². The number of rotatable bonds is 6. The van der Waals surface area contributed by atoms with Gasteiger partial charge in [0.1, 0.15) is 17.7 Å². The summed E-state index contributed by atoms with van der Waals surface area (Å²) >= 11 is 0. The van der Waals surface area contributed by atoms with Gasteiger partial charge in [0, 0.05) is 11.1 Å². The Balaban J connectivity index is 1.70. The number of carbonyl (C=O) groups excluding carboxylic acids is 1. The highest BCUT2D eigenvalue weighted by atomic mass is 16.5. The van der Waals surface area contributed by atoms with Gasteiger partial charge in [0.05, 0.1) is 25.1 Å². The number of hydrogen-bond acceptors (Lipinski definition) is 4. The molecule has 0 radical (unpaired) electrons. The van der Waals surface area contributed by atoms with Gasteiger partial charge in [-0.15, -0.1) is 0 Å². The first-order valence-electron chi connectivity index (χ1n) is 8.68. The van der Waals surface area contributed by atoms with Gasteiger partial charge >= 0.3 is 0 Å². The number of carbonyl (C=O) groups is 1. The van der Waals surface area contributed by atoms with E-state index in [1.54, 1.807) is 11.2 Å². The molecule has 2 aromatic carbocycles. The van der Waals surface area contributed by atoms with Gasteiger partial charge < -0.3 is 19.4 Å². The highest BCUT2D eigenvalue weighted by Gasteiger charge is 2.37. The molecule has 4 rings (SSSR count). The van der Waals surface area contributed by atoms with Gasteiger partial charge in [-0.25, -0.2) is 0 Å². The Morgan fingerprint density at radius 1 is 1.08 bits per heavy atom. The molecule has 1 N–H and O–H groups in total. The van der Waals surface area contributed by atoms with Crippen molar-refractivity contribution in [3.8, 4) is 5.75 Å². The third kappa shape index (κ3) is 2.92. The minimum Gasteiger partial charge on any atom is -0.492 e. The molecule has 1 aliphatic heterocycles. The lowest BCUT2D eigenvalue weighted by molar-refractivity contribution is 0.0715. The molecular formula is C21H20N2O3. The number of nitrogens with one attached hydrogen (secondary N) is 1. The molecule has 1 amide bonds. The van der Waals surface area contributed by atoms with Gasteiger partial charge in [-0.05, 0) is 37.3 Å². The number of hydrogen-bond donors (Lipinski definition) is 1. The summed E-state index contributed by atoms with van der Waals surface area (Å²) in [5, 5.41) is 3.48. The van der Waals surface area contributed by atoms with Crippen molar-refractivity contribution in [1.82, 2.24) is 4.90 Å². The van der Waals surface area contributed by atoms with Gasteiger partial charge in [-0.1, -0.05) is 30.3 Å². The summed E-state index contributed by atoms with van der Waals surface area (Å²) in [7, 11) is 0. The van der Waals surface area contributed by atoms with E-state index in [4.69, 9.17) is 9.15 Å². The van der Waals surface area contributed by atoms with Crippen LogP contribution in [0.2, 0.25) is 0 Å². The molecule has 2 heterocycles. The Bertz CT molecular complexity index is 905. The van der Waals surface area contributed by atoms with Crippen LogP contribution in [-0.4, -0.2) is 17.4 Å². The molecule has 0 fully saturated rings. The maximum absolute atomic E-state index is 12.9. The molecule has 0 unspecified atom stereocenters. The minimum absolute atomic E-state index is 0.0107. The van der Waals surface area contributed by atoms with Crippen LogP contribution in [-0.2, 0) is 6.54 Å². The number of fused-ring (bicyclic) bond motifs is 1. The fraction of sp³-hybridized carbons (Fsp3) is 0.190. The van der Waals surface area contributed by atoms with Crippen molar-refractivity contribution in [2.45, 2.75) is 19.6 Å². The maximum atomic E-state index is 12.9. The van der Waals surface area contributed by atoms with E-state index in [-0.39, 0.29) is 12.1 Å². The number of ether oxygens (including phenoxy) is 1. The summed E-state index contributed by atoms with van der Waals surface area (Å²) in [5.74, 6) is 1.50. The molecule has 0 spiro atoms. The highest BCUT2D eigenvalue weighted by Crippen LogP contribution is 2.37. The quantitative estimate of drug-likeness (QED) is 0.715. The van der Waals surface area contributed by atoms with Crippen LogP contribution in [0.3, 0.4) is 0 Å². The van der Waals surface area contributed by atoms with Crippen LogP contribution in [0.1, 0.15) is 34.8 Å². The average Bonchev–Trinajstić information content (AvgIpc) is 3.27. The van der Waals surface area contributed by atoms with Crippen LogP contribution >= 0.6 is 0 Å². The molecule has 26 heavy (non-hydrogen) atoms. The molecule has 1 atom stereocenters. The van der Waals surface area contributed by atoms with Crippen LogP contribution < -0.4 is 10.1 Å². The molecule has 0 saturated carbocycles. The van der Waals surface area contributed by atoms with Crippen LogP contribution in [0, 0.1) is 0 Å². The first-order valence-corrected chi connectivity index (χ1v) is 8.68. The summed E-state index contributed by atoms with van der Waals surface area (Å²) in [4.78, 5) is 14.7. The number of para-hydroxylation sites is 2. The Kier molecular flexibility index (Phi) is 4.35. The van der Waals surface area contributed by atoms with E-state index in [0.29, 0.717) is 18.7 Å². The molecule has 0 bridgehead atoms. The summed E-state index contributed by atoms with van der Waals surface area (Å²) < 4.78 is 11.2. The highest BCUT2D eigenvalue weighted by molar-refractivity contribution is 5.99. The SMILES string of the molecule is CCOc1ccccc1N[C@@H]1c2ccccc2C(=O)N1Cc1ccco1. The third-order valence-electron chi connectivity index (χ3n) is 4.44. The largest absolute Gasteiger partial charge is 0.492 e. The lowest BCUT2D eigenvalue weighted by Crippen LogP contribution is -2.31. The second-order valence-electron chi connectivity index (χ2n) is 6.08. The van der Waals surface area contributed by atoms with E-state index in [9.17, 15) is 4.79 Å². The van der Waals surface area contributed by atoms with Crippen molar-refractivity contribution in [1.29, 1.82) is 0 Å². The minimum atomic E-state index is -0.287. The number of nitrogens with zero attached hydrogens (tertiary/aromatic N) is 1. The molecule has 1 aromatic heterocycles. The lowest BCUT2D eigenvalue weighted by atomic mass is 10.1. The van der Waals surface area contributed by atoms with Gasteiger partial charge in [0.2, 0.25) is 0 Å². The molecule has 0 aliphatic carbocycles. The summed E-state index contributed by atoms with van der Waals surface area (Å²) in [6, 6.07) is 19.2. The predicted molar refractivity (Wildman–Crippen MR) is 99.0 cm³/mol. The molecule has 3 aromatic rings. The predicted octanol–water partition coefficient (Wildman–Crippen LogP) is 4.45. The molecule has 132 valence electrons. The van der Waals surface area contributed by atoms with Gasteiger partial charge in [0.25, 0.3) is 5.91 Å². The average molecular weight is 348 g/mol. The summed E-state index contributed by atoms with van der Waals surface area (Å²) in [5.41, 5.74) is 2.52. The number of benzene rings is 2. The topological polar surface area (TPSA) is 54.7 Å². The first kappa shape index (κ1) is 16.3. The van der Waals surface area contributed by atoms with Crippen LogP contribution in [0.4, 0.5) is 5.69 Å².